The van der Waals surface area contributed by atoms with Crippen LogP contribution in [-0.2, 0) is 11.2 Å². The lowest BCUT2D eigenvalue weighted by Gasteiger charge is -2.07. The fraction of sp³-hybridized carbons (Fsp3) is 0.625. The molecule has 0 aliphatic carbocycles. The van der Waals surface area contributed by atoms with E-state index in [0.717, 1.165) is 0 Å². The smallest absolute Gasteiger partial charge is 0.228 e. The van der Waals surface area contributed by atoms with Crippen LogP contribution in [0.5, 0.6) is 0 Å². The Balaban J connectivity index is 2.20. The number of methoxy groups -OCH3 is 1. The average Bonchev–Trinajstić information content (AvgIpc) is 2.80. The minimum absolute atomic E-state index is 0.511. The fourth-order valence-corrected chi connectivity index (χ4v) is 0.995. The summed E-state index contributed by atoms with van der Waals surface area (Å²) in [6.07, 6.45) is 1.98. The molecule has 90 valence electrons. The van der Waals surface area contributed by atoms with Crippen LogP contribution in [0, 0.1) is 0 Å². The normalized spacial score (nSPS) is 11.5. The second kappa shape index (κ2) is 7.60. The summed E-state index contributed by atoms with van der Waals surface area (Å²) in [4.78, 5) is 8.01. The summed E-state index contributed by atoms with van der Waals surface area (Å²) in [7, 11) is 1.62. The van der Waals surface area contributed by atoms with Gasteiger partial charge in [-0.2, -0.15) is 4.98 Å². The van der Waals surface area contributed by atoms with Crippen molar-refractivity contribution in [3.05, 3.63) is 12.2 Å². The Morgan fingerprint density at radius 3 is 3.19 bits per heavy atom. The van der Waals surface area contributed by atoms with Crippen LogP contribution in [0.1, 0.15) is 5.89 Å². The van der Waals surface area contributed by atoms with Gasteiger partial charge in [0, 0.05) is 20.1 Å². The molecule has 0 aliphatic rings. The monoisotopic (exact) mass is 228 g/mol. The highest BCUT2D eigenvalue weighted by molar-refractivity contribution is 5.79. The highest BCUT2D eigenvalue weighted by Gasteiger charge is 1.99. The van der Waals surface area contributed by atoms with Gasteiger partial charge in [0.25, 0.3) is 0 Å². The molecular weight excluding hydrogens is 212 g/mol. The fourth-order valence-electron chi connectivity index (χ4n) is 0.995. The van der Waals surface area contributed by atoms with Crippen LogP contribution >= 0.6 is 0 Å². The van der Waals surface area contributed by atoms with E-state index in [2.05, 4.69) is 25.9 Å². The number of aromatic nitrogens is 2. The van der Waals surface area contributed by atoms with E-state index in [-0.39, 0.29) is 0 Å². The Morgan fingerprint density at radius 2 is 2.56 bits per heavy atom. The van der Waals surface area contributed by atoms with E-state index in [4.69, 9.17) is 15.1 Å². The molecule has 0 aliphatic heterocycles. The highest BCUT2D eigenvalue weighted by Crippen LogP contribution is 1.90. The molecule has 16 heavy (non-hydrogen) atoms. The molecule has 0 aromatic carbocycles. The molecule has 0 spiro atoms. The molecule has 0 bridgehead atoms. The summed E-state index contributed by atoms with van der Waals surface area (Å²) in [6, 6.07) is 0. The summed E-state index contributed by atoms with van der Waals surface area (Å²) in [6.45, 7) is 1.71. The molecular formula is C8H16N6O2. The molecule has 1 rings (SSSR count). The summed E-state index contributed by atoms with van der Waals surface area (Å²) < 4.78 is 9.70. The Labute approximate surface area is 93.2 Å². The van der Waals surface area contributed by atoms with E-state index in [1.54, 1.807) is 7.11 Å². The first-order valence-electron chi connectivity index (χ1n) is 4.86. The minimum Gasteiger partial charge on any atom is -0.383 e. The third-order valence-electron chi connectivity index (χ3n) is 1.74. The third kappa shape index (κ3) is 4.71. The standard InChI is InChI=1S/C8H16N6O2/c1-15-5-4-11-8(14-9)10-3-2-7-12-6-13-16-7/h6H,2-5,9H2,1H3,(H2,10,11,14). The van der Waals surface area contributed by atoms with Gasteiger partial charge in [-0.1, -0.05) is 5.16 Å². The van der Waals surface area contributed by atoms with Crippen molar-refractivity contribution >= 4 is 5.96 Å². The second-order valence-electron chi connectivity index (χ2n) is 2.88. The molecule has 1 aromatic rings. The lowest BCUT2D eigenvalue weighted by molar-refractivity contribution is 0.208. The molecule has 0 saturated heterocycles. The van der Waals surface area contributed by atoms with Crippen molar-refractivity contribution in [2.45, 2.75) is 6.42 Å². The van der Waals surface area contributed by atoms with Crippen molar-refractivity contribution < 1.29 is 9.26 Å². The van der Waals surface area contributed by atoms with Crippen LogP contribution in [0.25, 0.3) is 0 Å². The maximum absolute atomic E-state index is 5.28. The average molecular weight is 228 g/mol. The summed E-state index contributed by atoms with van der Waals surface area (Å²) in [5.74, 6) is 6.36. The van der Waals surface area contributed by atoms with E-state index in [0.29, 0.717) is 38.0 Å². The topological polar surface area (TPSA) is 111 Å². The Kier molecular flexibility index (Phi) is 5.89. The molecule has 8 nitrogen and oxygen atoms in total. The van der Waals surface area contributed by atoms with Crippen molar-refractivity contribution in [2.24, 2.45) is 10.8 Å². The Bertz CT molecular complexity index is 299. The molecule has 0 radical (unpaired) electrons. The molecule has 8 heteroatoms. The molecule has 0 atom stereocenters. The lowest BCUT2D eigenvalue weighted by atomic mass is 10.4. The van der Waals surface area contributed by atoms with E-state index in [9.17, 15) is 0 Å². The second-order valence-corrected chi connectivity index (χ2v) is 2.88. The molecule has 1 heterocycles. The number of hydrazine groups is 1. The van der Waals surface area contributed by atoms with Gasteiger partial charge in [0.05, 0.1) is 13.2 Å². The Morgan fingerprint density at radius 1 is 1.69 bits per heavy atom. The zero-order valence-corrected chi connectivity index (χ0v) is 9.14. The van der Waals surface area contributed by atoms with E-state index >= 15 is 0 Å². The number of nitrogens with one attached hydrogen (secondary N) is 2. The molecule has 4 N–H and O–H groups in total. The minimum atomic E-state index is 0.511. The van der Waals surface area contributed by atoms with Gasteiger partial charge < -0.3 is 14.6 Å². The number of hydrogen-bond donors (Lipinski definition) is 3. The zero-order chi connectivity index (χ0) is 11.6. The molecule has 0 saturated carbocycles. The first-order chi connectivity index (χ1) is 7.86. The van der Waals surface area contributed by atoms with Crippen LogP contribution in [0.4, 0.5) is 0 Å². The van der Waals surface area contributed by atoms with Gasteiger partial charge in [-0.3, -0.25) is 5.43 Å². The van der Waals surface area contributed by atoms with E-state index in [1.807, 2.05) is 0 Å². The predicted molar refractivity (Wildman–Crippen MR) is 57.5 cm³/mol. The summed E-state index contributed by atoms with van der Waals surface area (Å²) >= 11 is 0. The van der Waals surface area contributed by atoms with E-state index < -0.39 is 0 Å². The number of hydrogen-bond acceptors (Lipinski definition) is 6. The van der Waals surface area contributed by atoms with Gasteiger partial charge in [0.1, 0.15) is 0 Å². The van der Waals surface area contributed by atoms with E-state index in [1.165, 1.54) is 6.33 Å². The number of ether oxygens (including phenoxy) is 1. The van der Waals surface area contributed by atoms with Gasteiger partial charge in [-0.15, -0.1) is 0 Å². The van der Waals surface area contributed by atoms with Gasteiger partial charge in [-0.25, -0.2) is 10.8 Å². The first kappa shape index (κ1) is 12.4. The van der Waals surface area contributed by atoms with Crippen molar-refractivity contribution in [1.82, 2.24) is 20.9 Å². The van der Waals surface area contributed by atoms with Gasteiger partial charge in [-0.05, 0) is 0 Å². The van der Waals surface area contributed by atoms with Crippen LogP contribution in [0.2, 0.25) is 0 Å². The quantitative estimate of drug-likeness (QED) is 0.182. The number of aliphatic imine (C=N–C) groups is 1. The Hall–Kier alpha value is -1.67. The van der Waals surface area contributed by atoms with Crippen molar-refractivity contribution in [3.63, 3.8) is 0 Å². The van der Waals surface area contributed by atoms with Crippen LogP contribution in [0.15, 0.2) is 15.8 Å². The molecule has 0 amide bonds. The number of nitrogens with two attached hydrogens (primary N) is 1. The molecule has 1 aromatic heterocycles. The number of rotatable bonds is 6. The van der Waals surface area contributed by atoms with Crippen LogP contribution < -0.4 is 16.6 Å². The van der Waals surface area contributed by atoms with Crippen LogP contribution in [0.3, 0.4) is 0 Å². The van der Waals surface area contributed by atoms with Crippen molar-refractivity contribution in [3.8, 4) is 0 Å². The lowest BCUT2D eigenvalue weighted by Crippen LogP contribution is -2.42. The summed E-state index contributed by atoms with van der Waals surface area (Å²) in [5.41, 5.74) is 2.46. The van der Waals surface area contributed by atoms with Gasteiger partial charge in [0.2, 0.25) is 11.9 Å². The molecule has 0 unspecified atom stereocenters. The van der Waals surface area contributed by atoms with Crippen molar-refractivity contribution in [1.29, 1.82) is 0 Å². The summed E-state index contributed by atoms with van der Waals surface area (Å²) in [5, 5.41) is 6.50. The maximum atomic E-state index is 5.28. The predicted octanol–water partition coefficient (Wildman–Crippen LogP) is -1.33. The maximum Gasteiger partial charge on any atom is 0.228 e. The zero-order valence-electron chi connectivity index (χ0n) is 9.14. The first-order valence-corrected chi connectivity index (χ1v) is 4.86. The van der Waals surface area contributed by atoms with Gasteiger partial charge >= 0.3 is 0 Å². The molecule has 0 fully saturated rings. The van der Waals surface area contributed by atoms with Crippen molar-refractivity contribution in [2.75, 3.05) is 26.8 Å². The van der Waals surface area contributed by atoms with Gasteiger partial charge in [0.15, 0.2) is 6.33 Å². The van der Waals surface area contributed by atoms with Crippen LogP contribution in [-0.4, -0.2) is 42.9 Å². The number of guanidine groups is 1. The highest BCUT2D eigenvalue weighted by atomic mass is 16.5. The SMILES string of the molecule is COCCN=C(NN)NCCc1ncno1. The number of nitrogens with zero attached hydrogens (tertiary/aromatic N) is 3. The largest absolute Gasteiger partial charge is 0.383 e. The third-order valence-corrected chi connectivity index (χ3v) is 1.74.